The Labute approximate surface area is 194 Å². The molecule has 0 radical (unpaired) electrons. The zero-order chi connectivity index (χ0) is 23.5. The van der Waals surface area contributed by atoms with Gasteiger partial charge in [-0.25, -0.2) is 0 Å². The molecule has 6 nitrogen and oxygen atoms in total. The average Bonchev–Trinajstić information content (AvgIpc) is 2.73. The second kappa shape index (κ2) is 9.41. The van der Waals surface area contributed by atoms with Gasteiger partial charge in [-0.2, -0.15) is 5.26 Å². The van der Waals surface area contributed by atoms with Crippen LogP contribution in [0.5, 0.6) is 0 Å². The first-order chi connectivity index (χ1) is 15.8. The van der Waals surface area contributed by atoms with Gasteiger partial charge < -0.3 is 9.80 Å². The summed E-state index contributed by atoms with van der Waals surface area (Å²) in [5.41, 5.74) is 5.44. The molecular formula is C27H28N4O2. The Morgan fingerprint density at radius 2 is 1.73 bits per heavy atom. The van der Waals surface area contributed by atoms with Gasteiger partial charge in [-0.15, -0.1) is 0 Å². The molecule has 2 aromatic carbocycles. The molecule has 0 N–H and O–H groups in total. The van der Waals surface area contributed by atoms with E-state index in [-0.39, 0.29) is 11.8 Å². The number of aryl methyl sites for hydroxylation is 1. The molecule has 33 heavy (non-hydrogen) atoms. The summed E-state index contributed by atoms with van der Waals surface area (Å²) in [5.74, 6) is 0.763. The van der Waals surface area contributed by atoms with E-state index in [1.807, 2.05) is 73.5 Å². The van der Waals surface area contributed by atoms with Crippen molar-refractivity contribution in [3.05, 3.63) is 76.0 Å². The maximum atomic E-state index is 13.0. The van der Waals surface area contributed by atoms with E-state index in [4.69, 9.17) is 5.26 Å². The number of nitrogens with zero attached hydrogens (tertiary/aromatic N) is 4. The monoisotopic (exact) mass is 440 g/mol. The van der Waals surface area contributed by atoms with Crippen molar-refractivity contribution in [2.24, 2.45) is 10.9 Å². The first-order valence-electron chi connectivity index (χ1n) is 11.2. The average molecular weight is 441 g/mol. The van der Waals surface area contributed by atoms with E-state index < -0.39 is 0 Å². The van der Waals surface area contributed by atoms with Gasteiger partial charge in [0.2, 0.25) is 5.91 Å². The third-order valence-electron chi connectivity index (χ3n) is 6.41. The fourth-order valence-electron chi connectivity index (χ4n) is 4.15. The van der Waals surface area contributed by atoms with Crippen LogP contribution in [0.2, 0.25) is 0 Å². The van der Waals surface area contributed by atoms with Crippen LogP contribution in [0.3, 0.4) is 0 Å². The van der Waals surface area contributed by atoms with E-state index in [2.05, 4.69) is 11.1 Å². The first-order valence-corrected chi connectivity index (χ1v) is 11.2. The van der Waals surface area contributed by atoms with Gasteiger partial charge in [0.1, 0.15) is 0 Å². The van der Waals surface area contributed by atoms with Gasteiger partial charge >= 0.3 is 0 Å². The number of benzene rings is 2. The first kappa shape index (κ1) is 22.5. The smallest absolute Gasteiger partial charge is 0.253 e. The largest absolute Gasteiger partial charge is 0.342 e. The number of carbonyl (C=O) groups is 2. The molecule has 2 aromatic rings. The highest BCUT2D eigenvalue weighted by Crippen LogP contribution is 2.29. The van der Waals surface area contributed by atoms with Crippen molar-refractivity contribution in [3.63, 3.8) is 0 Å². The molecule has 2 heterocycles. The second-order valence-corrected chi connectivity index (χ2v) is 8.96. The van der Waals surface area contributed by atoms with E-state index in [0.29, 0.717) is 36.1 Å². The van der Waals surface area contributed by atoms with Crippen molar-refractivity contribution in [1.29, 1.82) is 5.26 Å². The Bertz CT molecular complexity index is 1160. The maximum absolute atomic E-state index is 13.0. The van der Waals surface area contributed by atoms with E-state index in [1.54, 1.807) is 11.8 Å². The molecular weight excluding hydrogens is 412 g/mol. The Morgan fingerprint density at radius 3 is 2.36 bits per heavy atom. The zero-order valence-corrected chi connectivity index (χ0v) is 19.3. The van der Waals surface area contributed by atoms with Crippen molar-refractivity contribution in [2.45, 2.75) is 26.7 Å². The molecule has 0 aliphatic carbocycles. The Hall–Kier alpha value is -3.72. The summed E-state index contributed by atoms with van der Waals surface area (Å²) in [5, 5.41) is 8.94. The quantitative estimate of drug-likeness (QED) is 0.659. The van der Waals surface area contributed by atoms with Gasteiger partial charge in [-0.3, -0.25) is 14.6 Å². The molecule has 0 aromatic heterocycles. The second-order valence-electron chi connectivity index (χ2n) is 8.96. The van der Waals surface area contributed by atoms with Crippen molar-refractivity contribution < 1.29 is 9.59 Å². The summed E-state index contributed by atoms with van der Waals surface area (Å²) in [6, 6.07) is 15.5. The van der Waals surface area contributed by atoms with Gasteiger partial charge in [-0.1, -0.05) is 18.2 Å². The van der Waals surface area contributed by atoms with Crippen LogP contribution in [-0.2, 0) is 4.79 Å². The number of likely N-dealkylation sites (tertiary alicyclic amines) is 2. The number of amides is 2. The van der Waals surface area contributed by atoms with Crippen molar-refractivity contribution in [2.75, 3.05) is 26.2 Å². The van der Waals surface area contributed by atoms with Crippen molar-refractivity contribution in [3.8, 4) is 6.07 Å². The molecule has 0 saturated carbocycles. The van der Waals surface area contributed by atoms with Gasteiger partial charge in [-0.05, 0) is 60.9 Å². The minimum Gasteiger partial charge on any atom is -0.342 e. The van der Waals surface area contributed by atoms with Crippen LogP contribution in [0, 0.1) is 24.2 Å². The molecule has 2 saturated heterocycles. The highest BCUT2D eigenvalue weighted by molar-refractivity contribution is 5.95. The summed E-state index contributed by atoms with van der Waals surface area (Å²) >= 11 is 0. The third-order valence-corrected chi connectivity index (χ3v) is 6.41. The number of nitriles is 1. The van der Waals surface area contributed by atoms with E-state index >= 15 is 0 Å². The topological polar surface area (TPSA) is 76.8 Å². The predicted octanol–water partition coefficient (Wildman–Crippen LogP) is 4.02. The zero-order valence-electron chi connectivity index (χ0n) is 19.3. The van der Waals surface area contributed by atoms with E-state index in [0.717, 1.165) is 35.5 Å². The molecule has 0 spiro atoms. The lowest BCUT2D eigenvalue weighted by molar-refractivity contribution is -0.133. The Morgan fingerprint density at radius 1 is 1.03 bits per heavy atom. The molecule has 2 aliphatic rings. The molecule has 2 aliphatic heterocycles. The van der Waals surface area contributed by atoms with Crippen LogP contribution in [0.1, 0.15) is 52.4 Å². The highest BCUT2D eigenvalue weighted by atomic mass is 16.2. The Kier molecular flexibility index (Phi) is 6.41. The molecule has 2 amide bonds. The normalized spacial score (nSPS) is 17.0. The number of aliphatic imine (C=N–C) groups is 1. The van der Waals surface area contributed by atoms with E-state index in [9.17, 15) is 9.59 Å². The predicted molar refractivity (Wildman–Crippen MR) is 129 cm³/mol. The van der Waals surface area contributed by atoms with Crippen molar-refractivity contribution in [1.82, 2.24) is 9.80 Å². The van der Waals surface area contributed by atoms with Gasteiger partial charge in [0.15, 0.2) is 0 Å². The van der Waals surface area contributed by atoms with Crippen LogP contribution in [-0.4, -0.2) is 54.0 Å². The highest BCUT2D eigenvalue weighted by Gasteiger charge is 2.32. The summed E-state index contributed by atoms with van der Waals surface area (Å²) < 4.78 is 0. The SMILES string of the molecule is CC(=O)N1CC(C=N/C(C)=C/c2cc(C(=O)N3CC(c4ccc(C#N)cc4)C3)ccc2C)C1. The lowest BCUT2D eigenvalue weighted by Crippen LogP contribution is -2.49. The summed E-state index contributed by atoms with van der Waals surface area (Å²) in [6.07, 6.45) is 3.92. The third kappa shape index (κ3) is 5.04. The molecule has 168 valence electrons. The minimum atomic E-state index is 0.0366. The Balaban J connectivity index is 1.37. The minimum absolute atomic E-state index is 0.0366. The lowest BCUT2D eigenvalue weighted by Gasteiger charge is -2.39. The van der Waals surface area contributed by atoms with Crippen LogP contribution < -0.4 is 0 Å². The standard InChI is InChI=1S/C27H28N4O2/c1-18-4-7-24(11-25(18)10-19(2)29-13-22-14-30(15-22)20(3)32)27(33)31-16-26(17-31)23-8-5-21(12-28)6-9-23/h4-11,13,22,26H,14-17H2,1-3H3/b19-10+,29-13?. The fourth-order valence-corrected chi connectivity index (χ4v) is 4.15. The van der Waals surface area contributed by atoms with Gasteiger partial charge in [0.05, 0.1) is 11.6 Å². The van der Waals surface area contributed by atoms with Crippen molar-refractivity contribution >= 4 is 24.1 Å². The summed E-state index contributed by atoms with van der Waals surface area (Å²) in [6.45, 7) is 8.39. The molecule has 0 bridgehead atoms. The molecule has 0 atom stereocenters. The van der Waals surface area contributed by atoms with Crippen LogP contribution in [0.15, 0.2) is 53.2 Å². The van der Waals surface area contributed by atoms with Crippen LogP contribution in [0.25, 0.3) is 6.08 Å². The molecule has 0 unspecified atom stereocenters. The fraction of sp³-hybridized carbons (Fsp3) is 0.333. The summed E-state index contributed by atoms with van der Waals surface area (Å²) in [4.78, 5) is 32.5. The van der Waals surface area contributed by atoms with E-state index in [1.165, 1.54) is 0 Å². The lowest BCUT2D eigenvalue weighted by atomic mass is 9.90. The molecule has 6 heteroatoms. The van der Waals surface area contributed by atoms with Gasteiger partial charge in [0, 0.05) is 62.4 Å². The number of hydrogen-bond donors (Lipinski definition) is 0. The number of rotatable bonds is 5. The molecule has 2 fully saturated rings. The van der Waals surface area contributed by atoms with Crippen LogP contribution in [0.4, 0.5) is 0 Å². The number of carbonyl (C=O) groups excluding carboxylic acids is 2. The van der Waals surface area contributed by atoms with Crippen LogP contribution >= 0.6 is 0 Å². The number of allylic oxidation sites excluding steroid dienone is 1. The summed E-state index contributed by atoms with van der Waals surface area (Å²) in [7, 11) is 0. The maximum Gasteiger partial charge on any atom is 0.253 e. The van der Waals surface area contributed by atoms with Gasteiger partial charge in [0.25, 0.3) is 5.91 Å². The molecule has 4 rings (SSSR count). The number of hydrogen-bond acceptors (Lipinski definition) is 4.